The second-order valence-corrected chi connectivity index (χ2v) is 12.1. The van der Waals surface area contributed by atoms with Gasteiger partial charge in [-0.1, -0.05) is 55.3 Å². The SMILES string of the molecule is C=C(C)[C@@H]1CCC(C)=C[C@H]1c1c(O)cc(CCC)cc1OC(=O)C1(OP(=O)([O-])Oc2ccccc2)CCCC1. The summed E-state index contributed by atoms with van der Waals surface area (Å²) in [6.07, 6.45) is 7.01. The number of benzene rings is 2. The van der Waals surface area contributed by atoms with E-state index in [1.807, 2.05) is 13.8 Å². The molecular weight excluding hydrogens is 515 g/mol. The number of phenolic OH excluding ortho intramolecular Hbond substituents is 1. The molecule has 0 heterocycles. The summed E-state index contributed by atoms with van der Waals surface area (Å²) in [5.74, 6) is -0.596. The third-order valence-corrected chi connectivity index (χ3v) is 8.67. The van der Waals surface area contributed by atoms with Crippen LogP contribution in [0.15, 0.2) is 66.3 Å². The Kier molecular flexibility index (Phi) is 9.05. The van der Waals surface area contributed by atoms with E-state index in [2.05, 4.69) is 19.6 Å². The van der Waals surface area contributed by atoms with Gasteiger partial charge in [-0.15, -0.1) is 0 Å². The van der Waals surface area contributed by atoms with E-state index < -0.39 is 19.4 Å². The summed E-state index contributed by atoms with van der Waals surface area (Å²) in [5.41, 5.74) is 1.81. The van der Waals surface area contributed by atoms with Gasteiger partial charge in [0.2, 0.25) is 0 Å². The highest BCUT2D eigenvalue weighted by Gasteiger charge is 2.48. The first-order chi connectivity index (χ1) is 18.5. The lowest BCUT2D eigenvalue weighted by atomic mass is 9.73. The number of phosphoric ester groups is 1. The molecule has 39 heavy (non-hydrogen) atoms. The lowest BCUT2D eigenvalue weighted by Crippen LogP contribution is -2.43. The Balaban J connectivity index is 1.70. The van der Waals surface area contributed by atoms with Crippen molar-refractivity contribution in [3.05, 3.63) is 77.4 Å². The number of rotatable bonds is 10. The maximum Gasteiger partial charge on any atom is 0.344 e. The predicted octanol–water partition coefficient (Wildman–Crippen LogP) is 7.14. The quantitative estimate of drug-likeness (QED) is 0.144. The first kappa shape index (κ1) is 29.1. The molecule has 7 nitrogen and oxygen atoms in total. The standard InChI is InChI=1S/C31H39O7P/c1-5-11-23-19-27(32)29(26-18-22(4)14-15-25(26)21(2)3)28(20-23)36-30(33)31(16-9-10-17-31)38-39(34,35)37-24-12-7-6-8-13-24/h6-8,12-13,18-20,25-26,32H,2,5,9-11,14-17H2,1,3-4H3,(H,34,35)/p-1/t25-,26+/m0/s1. The Labute approximate surface area is 231 Å². The summed E-state index contributed by atoms with van der Waals surface area (Å²) in [6.45, 7) is 10.2. The van der Waals surface area contributed by atoms with E-state index in [1.165, 1.54) is 17.7 Å². The van der Waals surface area contributed by atoms with Gasteiger partial charge in [-0.2, -0.15) is 0 Å². The number of carbonyl (C=O) groups is 1. The molecule has 0 radical (unpaired) electrons. The van der Waals surface area contributed by atoms with Crippen LogP contribution in [-0.4, -0.2) is 16.7 Å². The van der Waals surface area contributed by atoms with Crippen molar-refractivity contribution in [1.29, 1.82) is 0 Å². The largest absolute Gasteiger partial charge is 0.746 e. The van der Waals surface area contributed by atoms with Crippen LogP contribution in [0.5, 0.6) is 17.2 Å². The minimum Gasteiger partial charge on any atom is -0.746 e. The lowest BCUT2D eigenvalue weighted by Gasteiger charge is -2.35. The average Bonchev–Trinajstić information content (AvgIpc) is 3.33. The molecule has 0 saturated heterocycles. The molecule has 0 bridgehead atoms. The summed E-state index contributed by atoms with van der Waals surface area (Å²) in [6, 6.07) is 11.5. The fraction of sp³-hybridized carbons (Fsp3) is 0.452. The summed E-state index contributed by atoms with van der Waals surface area (Å²) in [5, 5.41) is 11.2. The van der Waals surface area contributed by atoms with Crippen LogP contribution in [0, 0.1) is 5.92 Å². The minimum atomic E-state index is -4.91. The Morgan fingerprint density at radius 1 is 1.21 bits per heavy atom. The summed E-state index contributed by atoms with van der Waals surface area (Å²) in [7, 11) is -4.91. The number of hydrogen-bond acceptors (Lipinski definition) is 7. The third kappa shape index (κ3) is 6.84. The zero-order chi connectivity index (χ0) is 28.2. The normalized spacial score (nSPS) is 22.0. The second kappa shape index (κ2) is 12.1. The van der Waals surface area contributed by atoms with Gasteiger partial charge in [0.1, 0.15) is 17.2 Å². The van der Waals surface area contributed by atoms with E-state index in [4.69, 9.17) is 13.8 Å². The number of aryl methyl sites for hydroxylation is 1. The molecule has 2 aromatic carbocycles. The molecule has 1 N–H and O–H groups in total. The Hall–Kier alpha value is -2.86. The Morgan fingerprint density at radius 3 is 2.54 bits per heavy atom. The molecule has 4 rings (SSSR count). The van der Waals surface area contributed by atoms with E-state index in [0.29, 0.717) is 24.8 Å². The van der Waals surface area contributed by atoms with Gasteiger partial charge in [0.25, 0.3) is 0 Å². The number of ether oxygens (including phenoxy) is 1. The van der Waals surface area contributed by atoms with Crippen molar-refractivity contribution in [2.24, 2.45) is 5.92 Å². The van der Waals surface area contributed by atoms with E-state index >= 15 is 0 Å². The van der Waals surface area contributed by atoms with Crippen LogP contribution < -0.4 is 14.2 Å². The van der Waals surface area contributed by atoms with E-state index in [1.54, 1.807) is 30.3 Å². The topological polar surface area (TPSA) is 105 Å². The second-order valence-electron chi connectivity index (χ2n) is 10.8. The third-order valence-electron chi connectivity index (χ3n) is 7.67. The van der Waals surface area contributed by atoms with E-state index in [0.717, 1.165) is 30.4 Å². The Bertz CT molecular complexity index is 1280. The zero-order valence-corrected chi connectivity index (χ0v) is 23.9. The molecule has 0 aromatic heterocycles. The molecule has 2 aromatic rings. The van der Waals surface area contributed by atoms with Crippen LogP contribution in [0.4, 0.5) is 0 Å². The highest BCUT2D eigenvalue weighted by molar-refractivity contribution is 7.46. The van der Waals surface area contributed by atoms with Gasteiger partial charge in [0, 0.05) is 11.5 Å². The molecule has 0 spiro atoms. The lowest BCUT2D eigenvalue weighted by molar-refractivity contribution is -0.229. The van der Waals surface area contributed by atoms with Crippen molar-refractivity contribution in [3.63, 3.8) is 0 Å². The first-order valence-electron chi connectivity index (χ1n) is 13.7. The summed E-state index contributed by atoms with van der Waals surface area (Å²) < 4.78 is 29.6. The fourth-order valence-electron chi connectivity index (χ4n) is 5.74. The van der Waals surface area contributed by atoms with Crippen molar-refractivity contribution >= 4 is 13.8 Å². The number of phenols is 1. The average molecular weight is 554 g/mol. The molecule has 2 aliphatic rings. The fourth-order valence-corrected chi connectivity index (χ4v) is 6.84. The molecule has 1 unspecified atom stereocenters. The molecule has 3 atom stereocenters. The molecule has 1 fully saturated rings. The molecule has 8 heteroatoms. The molecule has 0 aliphatic heterocycles. The number of aromatic hydroxyl groups is 1. The smallest absolute Gasteiger partial charge is 0.344 e. The summed E-state index contributed by atoms with van der Waals surface area (Å²) >= 11 is 0. The van der Waals surface area contributed by atoms with E-state index in [-0.39, 0.29) is 41.9 Å². The molecule has 210 valence electrons. The number of allylic oxidation sites excluding steroid dienone is 3. The highest BCUT2D eigenvalue weighted by Crippen LogP contribution is 2.51. The van der Waals surface area contributed by atoms with Gasteiger partial charge in [0.05, 0.1) is 0 Å². The maximum atomic E-state index is 13.8. The van der Waals surface area contributed by atoms with Crippen LogP contribution in [0.25, 0.3) is 0 Å². The van der Waals surface area contributed by atoms with Gasteiger partial charge >= 0.3 is 13.8 Å². The number of esters is 1. The van der Waals surface area contributed by atoms with Crippen LogP contribution in [0.3, 0.4) is 0 Å². The van der Waals surface area contributed by atoms with E-state index in [9.17, 15) is 19.4 Å². The van der Waals surface area contributed by atoms with Crippen LogP contribution in [-0.2, 0) is 20.3 Å². The molecule has 2 aliphatic carbocycles. The zero-order valence-electron chi connectivity index (χ0n) is 23.0. The van der Waals surface area contributed by atoms with Crippen LogP contribution in [0.1, 0.15) is 82.8 Å². The summed E-state index contributed by atoms with van der Waals surface area (Å²) in [4.78, 5) is 26.7. The van der Waals surface area contributed by atoms with Gasteiger partial charge in [0.15, 0.2) is 5.60 Å². The van der Waals surface area contributed by atoms with Crippen LogP contribution in [0.2, 0.25) is 0 Å². The number of para-hydroxylation sites is 1. The van der Waals surface area contributed by atoms with Crippen molar-refractivity contribution in [3.8, 4) is 17.2 Å². The van der Waals surface area contributed by atoms with Gasteiger partial charge in [-0.05, 0) is 94.5 Å². The molecule has 1 saturated carbocycles. The van der Waals surface area contributed by atoms with Crippen molar-refractivity contribution in [2.75, 3.05) is 0 Å². The predicted molar refractivity (Wildman–Crippen MR) is 149 cm³/mol. The Morgan fingerprint density at radius 2 is 1.90 bits per heavy atom. The highest BCUT2D eigenvalue weighted by atomic mass is 31.2. The van der Waals surface area contributed by atoms with Gasteiger partial charge in [-0.25, -0.2) is 4.79 Å². The number of carbonyl (C=O) groups excluding carboxylic acids is 1. The number of hydrogen-bond donors (Lipinski definition) is 1. The van der Waals surface area contributed by atoms with Crippen molar-refractivity contribution in [1.82, 2.24) is 0 Å². The van der Waals surface area contributed by atoms with Gasteiger partial charge < -0.3 is 19.3 Å². The van der Waals surface area contributed by atoms with Crippen molar-refractivity contribution < 1.29 is 33.1 Å². The maximum absolute atomic E-state index is 13.8. The van der Waals surface area contributed by atoms with Gasteiger partial charge in [-0.3, -0.25) is 9.09 Å². The monoisotopic (exact) mass is 553 g/mol. The molecular formula is C31H38O7P-. The minimum absolute atomic E-state index is 0.0502. The number of phosphoric acid groups is 1. The molecule has 0 amide bonds. The first-order valence-corrected chi connectivity index (χ1v) is 15.2. The van der Waals surface area contributed by atoms with Crippen LogP contribution >= 0.6 is 7.82 Å². The van der Waals surface area contributed by atoms with Crippen molar-refractivity contribution in [2.45, 2.75) is 83.7 Å².